The Balaban J connectivity index is 1.99. The number of carbonyl (C=O) groups is 1. The topological polar surface area (TPSA) is 42.7 Å². The summed E-state index contributed by atoms with van der Waals surface area (Å²) in [7, 11) is 1.64. The molecule has 0 saturated heterocycles. The van der Waals surface area contributed by atoms with Gasteiger partial charge in [0.25, 0.3) is 0 Å². The number of amides is 1. The summed E-state index contributed by atoms with van der Waals surface area (Å²) in [5, 5.41) is 0. The number of methoxy groups -OCH3 is 1. The fourth-order valence-corrected chi connectivity index (χ4v) is 1.94. The second-order valence-corrected chi connectivity index (χ2v) is 4.55. The number of hydrogen-bond acceptors (Lipinski definition) is 3. The van der Waals surface area contributed by atoms with Crippen LogP contribution in [0.3, 0.4) is 0 Å². The fourth-order valence-electron chi connectivity index (χ4n) is 1.94. The lowest BCUT2D eigenvalue weighted by atomic mass is 10.2. The van der Waals surface area contributed by atoms with Gasteiger partial charge in [0.15, 0.2) is 0 Å². The molecule has 0 bridgehead atoms. The summed E-state index contributed by atoms with van der Waals surface area (Å²) in [5.74, 6) is 1.44. The average molecular weight is 285 g/mol. The average Bonchev–Trinajstić information content (AvgIpc) is 3.04. The predicted octanol–water partition coefficient (Wildman–Crippen LogP) is 3.35. The van der Waals surface area contributed by atoms with Gasteiger partial charge in [-0.2, -0.15) is 0 Å². The molecule has 2 aromatic rings. The molecule has 1 aromatic carbocycles. The zero-order chi connectivity index (χ0) is 15.1. The lowest BCUT2D eigenvalue weighted by Gasteiger charge is -2.19. The molecule has 2 rings (SSSR count). The molecule has 0 spiro atoms. The number of likely N-dealkylation sites (N-methyl/N-ethyl adjacent to an activating group) is 1. The van der Waals surface area contributed by atoms with Gasteiger partial charge < -0.3 is 14.1 Å². The first-order valence-electron chi connectivity index (χ1n) is 6.86. The lowest BCUT2D eigenvalue weighted by molar-refractivity contribution is -0.126. The van der Waals surface area contributed by atoms with E-state index in [1.54, 1.807) is 30.4 Å². The maximum Gasteiger partial charge on any atom is 0.246 e. The summed E-state index contributed by atoms with van der Waals surface area (Å²) in [5.41, 5.74) is 1.07. The van der Waals surface area contributed by atoms with Crippen LogP contribution in [0.4, 0.5) is 0 Å². The molecule has 1 amide bonds. The summed E-state index contributed by atoms with van der Waals surface area (Å²) in [6.45, 7) is 3.18. The molecular weight excluding hydrogens is 266 g/mol. The predicted molar refractivity (Wildman–Crippen MR) is 81.8 cm³/mol. The van der Waals surface area contributed by atoms with Gasteiger partial charge in [0, 0.05) is 19.2 Å². The largest absolute Gasteiger partial charge is 0.497 e. The molecule has 4 heteroatoms. The number of furan rings is 1. The summed E-state index contributed by atoms with van der Waals surface area (Å²) in [6, 6.07) is 11.3. The Morgan fingerprint density at radius 2 is 2.05 bits per heavy atom. The smallest absolute Gasteiger partial charge is 0.246 e. The molecule has 0 atom stereocenters. The number of carbonyl (C=O) groups excluding carboxylic acids is 1. The van der Waals surface area contributed by atoms with Gasteiger partial charge in [-0.3, -0.25) is 4.79 Å². The Bertz CT molecular complexity index is 585. The maximum atomic E-state index is 12.2. The SMILES string of the molecule is CCN(Cc1ccc(OC)cc1)C(=O)/C=C/c1ccco1. The highest BCUT2D eigenvalue weighted by Gasteiger charge is 2.09. The fraction of sp³-hybridized carbons (Fsp3) is 0.235. The molecule has 0 N–H and O–H groups in total. The van der Waals surface area contributed by atoms with Crippen molar-refractivity contribution >= 4 is 12.0 Å². The number of rotatable bonds is 6. The Labute approximate surface area is 124 Å². The van der Waals surface area contributed by atoms with Gasteiger partial charge >= 0.3 is 0 Å². The Morgan fingerprint density at radius 3 is 2.62 bits per heavy atom. The minimum atomic E-state index is -0.0373. The van der Waals surface area contributed by atoms with Crippen LogP contribution in [0.1, 0.15) is 18.2 Å². The van der Waals surface area contributed by atoms with Gasteiger partial charge in [0.1, 0.15) is 11.5 Å². The number of hydrogen-bond donors (Lipinski definition) is 0. The molecule has 1 aromatic heterocycles. The van der Waals surface area contributed by atoms with E-state index < -0.39 is 0 Å². The van der Waals surface area contributed by atoms with E-state index in [9.17, 15) is 4.79 Å². The van der Waals surface area contributed by atoms with E-state index in [0.717, 1.165) is 11.3 Å². The number of ether oxygens (including phenoxy) is 1. The van der Waals surface area contributed by atoms with E-state index in [4.69, 9.17) is 9.15 Å². The summed E-state index contributed by atoms with van der Waals surface area (Å²) in [4.78, 5) is 13.9. The molecule has 0 fully saturated rings. The van der Waals surface area contributed by atoms with Crippen LogP contribution < -0.4 is 4.74 Å². The van der Waals surface area contributed by atoms with E-state index in [0.29, 0.717) is 18.8 Å². The molecule has 0 aliphatic heterocycles. The molecule has 0 aliphatic carbocycles. The van der Waals surface area contributed by atoms with Crippen LogP contribution in [0.5, 0.6) is 5.75 Å². The molecule has 21 heavy (non-hydrogen) atoms. The van der Waals surface area contributed by atoms with Gasteiger partial charge in [-0.05, 0) is 42.8 Å². The van der Waals surface area contributed by atoms with Crippen LogP contribution >= 0.6 is 0 Å². The lowest BCUT2D eigenvalue weighted by Crippen LogP contribution is -2.28. The van der Waals surface area contributed by atoms with Crippen molar-refractivity contribution in [1.82, 2.24) is 4.90 Å². The molecule has 0 saturated carbocycles. The van der Waals surface area contributed by atoms with Gasteiger partial charge in [0.2, 0.25) is 5.91 Å². The van der Waals surface area contributed by atoms with E-state index in [2.05, 4.69) is 0 Å². The molecular formula is C17H19NO3. The van der Waals surface area contributed by atoms with Crippen LogP contribution in [0.2, 0.25) is 0 Å². The molecule has 0 unspecified atom stereocenters. The van der Waals surface area contributed by atoms with Gasteiger partial charge in [-0.1, -0.05) is 12.1 Å². The van der Waals surface area contributed by atoms with Crippen LogP contribution in [0, 0.1) is 0 Å². The molecule has 0 radical (unpaired) electrons. The second-order valence-electron chi connectivity index (χ2n) is 4.55. The Kier molecular flexibility index (Phi) is 5.21. The second kappa shape index (κ2) is 7.33. The summed E-state index contributed by atoms with van der Waals surface area (Å²) >= 11 is 0. The van der Waals surface area contributed by atoms with Crippen LogP contribution in [0.25, 0.3) is 6.08 Å². The first-order chi connectivity index (χ1) is 10.2. The van der Waals surface area contributed by atoms with Crippen molar-refractivity contribution in [3.05, 3.63) is 60.1 Å². The van der Waals surface area contributed by atoms with Crippen molar-refractivity contribution in [1.29, 1.82) is 0 Å². The molecule has 110 valence electrons. The Morgan fingerprint density at radius 1 is 1.29 bits per heavy atom. The van der Waals surface area contributed by atoms with Crippen molar-refractivity contribution in [2.75, 3.05) is 13.7 Å². The highest BCUT2D eigenvalue weighted by atomic mass is 16.5. The van der Waals surface area contributed by atoms with Crippen LogP contribution in [-0.4, -0.2) is 24.5 Å². The maximum absolute atomic E-state index is 12.2. The number of benzene rings is 1. The van der Waals surface area contributed by atoms with E-state index in [1.807, 2.05) is 37.3 Å². The third-order valence-electron chi connectivity index (χ3n) is 3.16. The van der Waals surface area contributed by atoms with E-state index in [-0.39, 0.29) is 5.91 Å². The van der Waals surface area contributed by atoms with Crippen molar-refractivity contribution in [3.63, 3.8) is 0 Å². The minimum Gasteiger partial charge on any atom is -0.497 e. The molecule has 4 nitrogen and oxygen atoms in total. The highest BCUT2D eigenvalue weighted by Crippen LogP contribution is 2.13. The van der Waals surface area contributed by atoms with Crippen molar-refractivity contribution in [3.8, 4) is 5.75 Å². The normalized spacial score (nSPS) is 10.8. The third kappa shape index (κ3) is 4.24. The van der Waals surface area contributed by atoms with Crippen LogP contribution in [0.15, 0.2) is 53.2 Å². The molecule has 0 aliphatic rings. The quantitative estimate of drug-likeness (QED) is 0.764. The first kappa shape index (κ1) is 14.9. The van der Waals surface area contributed by atoms with Gasteiger partial charge in [-0.15, -0.1) is 0 Å². The number of nitrogens with zero attached hydrogens (tertiary/aromatic N) is 1. The van der Waals surface area contributed by atoms with Crippen LogP contribution in [-0.2, 0) is 11.3 Å². The summed E-state index contributed by atoms with van der Waals surface area (Å²) in [6.07, 6.45) is 4.80. The highest BCUT2D eigenvalue weighted by molar-refractivity contribution is 5.91. The zero-order valence-electron chi connectivity index (χ0n) is 12.3. The summed E-state index contributed by atoms with van der Waals surface area (Å²) < 4.78 is 10.3. The zero-order valence-corrected chi connectivity index (χ0v) is 12.3. The van der Waals surface area contributed by atoms with E-state index >= 15 is 0 Å². The van der Waals surface area contributed by atoms with Crippen molar-refractivity contribution < 1.29 is 13.9 Å². The van der Waals surface area contributed by atoms with Gasteiger partial charge in [-0.25, -0.2) is 0 Å². The van der Waals surface area contributed by atoms with Crippen molar-refractivity contribution in [2.24, 2.45) is 0 Å². The minimum absolute atomic E-state index is 0.0373. The van der Waals surface area contributed by atoms with Crippen molar-refractivity contribution in [2.45, 2.75) is 13.5 Å². The Hall–Kier alpha value is -2.49. The standard InChI is InChI=1S/C17H19NO3/c1-3-18(13-14-6-8-15(20-2)9-7-14)17(19)11-10-16-5-4-12-21-16/h4-12H,3,13H2,1-2H3/b11-10+. The first-order valence-corrected chi connectivity index (χ1v) is 6.86. The molecule has 1 heterocycles. The monoisotopic (exact) mass is 285 g/mol. The van der Waals surface area contributed by atoms with Gasteiger partial charge in [0.05, 0.1) is 13.4 Å². The van der Waals surface area contributed by atoms with E-state index in [1.165, 1.54) is 6.08 Å². The third-order valence-corrected chi connectivity index (χ3v) is 3.16.